The van der Waals surface area contributed by atoms with Crippen molar-refractivity contribution in [2.45, 2.75) is 19.8 Å². The molecule has 5 rings (SSSR count). The van der Waals surface area contributed by atoms with Gasteiger partial charge in [-0.05, 0) is 66.8 Å². The van der Waals surface area contributed by atoms with Crippen molar-refractivity contribution in [3.8, 4) is 5.75 Å². The quantitative estimate of drug-likeness (QED) is 0.406. The lowest BCUT2D eigenvalue weighted by Gasteiger charge is -2.30. The van der Waals surface area contributed by atoms with Crippen LogP contribution >= 0.6 is 11.6 Å². The summed E-state index contributed by atoms with van der Waals surface area (Å²) >= 11 is 6.49. The molecule has 0 unspecified atom stereocenters. The summed E-state index contributed by atoms with van der Waals surface area (Å²) in [6.45, 7) is 7.44. The molecule has 0 atom stereocenters. The minimum Gasteiger partial charge on any atom is -0.495 e. The molecular formula is C30H38ClN7O3. The number of carbonyl (C=O) groups excluding carboxylic acids is 1. The lowest BCUT2D eigenvalue weighted by atomic mass is 10.0. The third-order valence-electron chi connectivity index (χ3n) is 7.58. The van der Waals surface area contributed by atoms with Gasteiger partial charge in [-0.15, -0.1) is 0 Å². The zero-order valence-corrected chi connectivity index (χ0v) is 24.9. The van der Waals surface area contributed by atoms with Gasteiger partial charge in [-0.1, -0.05) is 11.6 Å². The largest absolute Gasteiger partial charge is 0.495 e. The molecular weight excluding hydrogens is 542 g/mol. The lowest BCUT2D eigenvalue weighted by Crippen LogP contribution is -2.37. The van der Waals surface area contributed by atoms with E-state index < -0.39 is 0 Å². The number of methoxy groups -OCH3 is 1. The number of benzene rings is 2. The smallest absolute Gasteiger partial charge is 0.236 e. The number of likely N-dealkylation sites (N-methyl/N-ethyl adjacent to an activating group) is 1. The average molecular weight is 580 g/mol. The molecule has 1 amide bonds. The first-order valence-corrected chi connectivity index (χ1v) is 14.3. The van der Waals surface area contributed by atoms with Crippen molar-refractivity contribution in [2.75, 3.05) is 82.7 Å². The molecule has 3 aromatic rings. The van der Waals surface area contributed by atoms with E-state index in [1.54, 1.807) is 32.3 Å². The van der Waals surface area contributed by atoms with Gasteiger partial charge in [-0.2, -0.15) is 4.98 Å². The number of carbonyl (C=O) groups is 1. The zero-order valence-electron chi connectivity index (χ0n) is 24.2. The van der Waals surface area contributed by atoms with Gasteiger partial charge in [0.2, 0.25) is 11.9 Å². The van der Waals surface area contributed by atoms with E-state index >= 15 is 0 Å². The van der Waals surface area contributed by atoms with Crippen LogP contribution in [0.5, 0.6) is 5.75 Å². The van der Waals surface area contributed by atoms with E-state index in [-0.39, 0.29) is 5.91 Å². The monoisotopic (exact) mass is 579 g/mol. The standard InChI is InChI=1S/C30H38ClN7O3/c1-20-15-23(5-6-26(20)38-11-13-41-14-12-38)33-29-24(31)18-32-30(35-29)34-25-16-21-7-9-37(19-28(39)36(2)3)10-8-22(21)17-27(25)40-4/h5-6,15-18H,7-14,19H2,1-4H3,(H2,32,33,34,35). The Hall–Kier alpha value is -3.60. The number of amides is 1. The molecule has 41 heavy (non-hydrogen) atoms. The fraction of sp³-hybridized carbons (Fsp3) is 0.433. The van der Waals surface area contributed by atoms with Crippen molar-refractivity contribution in [1.29, 1.82) is 0 Å². The summed E-state index contributed by atoms with van der Waals surface area (Å²) in [6, 6.07) is 10.4. The topological polar surface area (TPSA) is 95.1 Å². The highest BCUT2D eigenvalue weighted by Gasteiger charge is 2.20. The summed E-state index contributed by atoms with van der Waals surface area (Å²) < 4.78 is 11.2. The Morgan fingerprint density at radius 1 is 1.07 bits per heavy atom. The molecule has 2 N–H and O–H groups in total. The maximum absolute atomic E-state index is 12.2. The number of aryl methyl sites for hydroxylation is 1. The molecule has 2 aromatic carbocycles. The van der Waals surface area contributed by atoms with Gasteiger partial charge in [0, 0.05) is 51.6 Å². The summed E-state index contributed by atoms with van der Waals surface area (Å²) in [5, 5.41) is 7.10. The molecule has 3 heterocycles. The van der Waals surface area contributed by atoms with Gasteiger partial charge in [-0.3, -0.25) is 9.69 Å². The molecule has 2 aliphatic rings. The molecule has 10 nitrogen and oxygen atoms in total. The third kappa shape index (κ3) is 7.01. The third-order valence-corrected chi connectivity index (χ3v) is 7.85. The SMILES string of the molecule is COc1cc2c(cc1Nc1ncc(Cl)c(Nc3ccc(N4CCOCC4)c(C)c3)n1)CCN(CC(=O)N(C)C)CC2. The van der Waals surface area contributed by atoms with E-state index in [1.807, 2.05) is 6.07 Å². The minimum absolute atomic E-state index is 0.114. The Labute approximate surface area is 246 Å². The Balaban J connectivity index is 1.31. The number of nitrogens with zero attached hydrogens (tertiary/aromatic N) is 5. The number of halogens is 1. The minimum atomic E-state index is 0.114. The molecule has 2 aliphatic heterocycles. The van der Waals surface area contributed by atoms with Crippen molar-refractivity contribution < 1.29 is 14.3 Å². The fourth-order valence-corrected chi connectivity index (χ4v) is 5.36. The molecule has 218 valence electrons. The van der Waals surface area contributed by atoms with E-state index in [2.05, 4.69) is 61.6 Å². The first kappa shape index (κ1) is 28.9. The van der Waals surface area contributed by atoms with Crippen LogP contribution in [-0.4, -0.2) is 92.8 Å². The molecule has 0 spiro atoms. The van der Waals surface area contributed by atoms with Crippen LogP contribution in [0.4, 0.5) is 28.8 Å². The second kappa shape index (κ2) is 12.9. The summed E-state index contributed by atoms with van der Waals surface area (Å²) in [4.78, 5) is 27.5. The molecule has 0 radical (unpaired) electrons. The van der Waals surface area contributed by atoms with Gasteiger partial charge in [0.25, 0.3) is 0 Å². The molecule has 0 bridgehead atoms. The van der Waals surface area contributed by atoms with Crippen molar-refractivity contribution in [2.24, 2.45) is 0 Å². The first-order valence-electron chi connectivity index (χ1n) is 13.9. The van der Waals surface area contributed by atoms with Gasteiger partial charge in [0.05, 0.1) is 38.8 Å². The molecule has 0 aliphatic carbocycles. The van der Waals surface area contributed by atoms with Gasteiger partial charge < -0.3 is 29.9 Å². The highest BCUT2D eigenvalue weighted by atomic mass is 35.5. The Morgan fingerprint density at radius 3 is 2.49 bits per heavy atom. The zero-order chi connectivity index (χ0) is 28.9. The van der Waals surface area contributed by atoms with E-state index in [0.29, 0.717) is 29.1 Å². The Morgan fingerprint density at radius 2 is 1.80 bits per heavy atom. The Bertz CT molecular complexity index is 1390. The number of rotatable bonds is 8. The number of morpholine rings is 1. The fourth-order valence-electron chi connectivity index (χ4n) is 5.22. The van der Waals surface area contributed by atoms with Crippen LogP contribution in [0.15, 0.2) is 36.5 Å². The predicted octanol–water partition coefficient (Wildman–Crippen LogP) is 4.26. The van der Waals surface area contributed by atoms with Gasteiger partial charge in [-0.25, -0.2) is 4.98 Å². The van der Waals surface area contributed by atoms with Crippen molar-refractivity contribution in [1.82, 2.24) is 19.8 Å². The normalized spacial score (nSPS) is 15.6. The number of anilines is 5. The maximum atomic E-state index is 12.2. The van der Waals surface area contributed by atoms with Crippen molar-refractivity contribution in [3.05, 3.63) is 58.2 Å². The lowest BCUT2D eigenvalue weighted by molar-refractivity contribution is -0.129. The van der Waals surface area contributed by atoms with Gasteiger partial charge in [0.1, 0.15) is 10.8 Å². The van der Waals surface area contributed by atoms with Gasteiger partial charge >= 0.3 is 0 Å². The Kier molecular flexibility index (Phi) is 9.12. The predicted molar refractivity (Wildman–Crippen MR) is 163 cm³/mol. The summed E-state index contributed by atoms with van der Waals surface area (Å²) in [5.74, 6) is 1.74. The average Bonchev–Trinajstić information content (AvgIpc) is 3.16. The molecule has 1 saturated heterocycles. The highest BCUT2D eigenvalue weighted by molar-refractivity contribution is 6.32. The number of hydrogen-bond acceptors (Lipinski definition) is 9. The van der Waals surface area contributed by atoms with Crippen LogP contribution in [0.3, 0.4) is 0 Å². The van der Waals surface area contributed by atoms with E-state index in [9.17, 15) is 4.79 Å². The van der Waals surface area contributed by atoms with Crippen LogP contribution in [0.1, 0.15) is 16.7 Å². The molecule has 0 saturated carbocycles. The van der Waals surface area contributed by atoms with E-state index in [4.69, 9.17) is 21.1 Å². The second-order valence-electron chi connectivity index (χ2n) is 10.6. The van der Waals surface area contributed by atoms with Gasteiger partial charge in [0.15, 0.2) is 5.82 Å². The summed E-state index contributed by atoms with van der Waals surface area (Å²) in [7, 11) is 5.24. The van der Waals surface area contributed by atoms with Crippen LogP contribution in [0.2, 0.25) is 5.02 Å². The number of aromatic nitrogens is 2. The van der Waals surface area contributed by atoms with Crippen molar-refractivity contribution >= 4 is 46.3 Å². The number of hydrogen-bond donors (Lipinski definition) is 2. The number of fused-ring (bicyclic) bond motifs is 1. The van der Waals surface area contributed by atoms with Crippen LogP contribution in [0, 0.1) is 6.92 Å². The second-order valence-corrected chi connectivity index (χ2v) is 11.0. The van der Waals surface area contributed by atoms with E-state index in [0.717, 1.165) is 63.6 Å². The molecule has 1 aromatic heterocycles. The number of ether oxygens (including phenoxy) is 2. The first-order chi connectivity index (χ1) is 19.8. The van der Waals surface area contributed by atoms with E-state index in [1.165, 1.54) is 22.4 Å². The maximum Gasteiger partial charge on any atom is 0.236 e. The molecule has 1 fully saturated rings. The van der Waals surface area contributed by atoms with Crippen LogP contribution in [0.25, 0.3) is 0 Å². The van der Waals surface area contributed by atoms with Crippen LogP contribution < -0.4 is 20.3 Å². The number of nitrogens with one attached hydrogen (secondary N) is 2. The molecule has 11 heteroatoms. The summed E-state index contributed by atoms with van der Waals surface area (Å²) in [5.41, 5.74) is 6.49. The highest BCUT2D eigenvalue weighted by Crippen LogP contribution is 2.34. The van der Waals surface area contributed by atoms with Crippen molar-refractivity contribution in [3.63, 3.8) is 0 Å². The van der Waals surface area contributed by atoms with Crippen LogP contribution in [-0.2, 0) is 22.4 Å². The summed E-state index contributed by atoms with van der Waals surface area (Å²) in [6.07, 6.45) is 3.27.